The van der Waals surface area contributed by atoms with E-state index in [1.807, 2.05) is 0 Å². The molecule has 12 nitrogen and oxygen atoms in total. The number of rotatable bonds is 59. The van der Waals surface area contributed by atoms with E-state index in [1.54, 1.807) is 0 Å². The van der Waals surface area contributed by atoms with Crippen LogP contribution in [0, 0.1) is 0 Å². The van der Waals surface area contributed by atoms with Crippen LogP contribution >= 0.6 is 0 Å². The largest absolute Gasteiger partial charge is 0.479 e. The van der Waals surface area contributed by atoms with Gasteiger partial charge in [-0.15, -0.1) is 0 Å². The van der Waals surface area contributed by atoms with Crippen LogP contribution in [0.2, 0.25) is 0 Å². The van der Waals surface area contributed by atoms with Gasteiger partial charge < -0.3 is 39.0 Å². The molecule has 1 saturated heterocycles. The third-order valence-corrected chi connectivity index (χ3v) is 15.8. The average Bonchev–Trinajstić information content (AvgIpc) is 3.46. The van der Waals surface area contributed by atoms with Gasteiger partial charge in [0, 0.05) is 19.3 Å². The van der Waals surface area contributed by atoms with Crippen LogP contribution in [-0.2, 0) is 42.9 Å². The first kappa shape index (κ1) is 74.5. The summed E-state index contributed by atoms with van der Waals surface area (Å²) in [6.07, 6.45) is 51.7. The Morgan fingerprint density at radius 1 is 0.405 bits per heavy atom. The summed E-state index contributed by atoms with van der Waals surface area (Å²) in [5.74, 6) is -3.07. The Balaban J connectivity index is 2.62. The van der Waals surface area contributed by atoms with Gasteiger partial charge in [-0.25, -0.2) is 4.79 Å². The van der Waals surface area contributed by atoms with Gasteiger partial charge in [0.1, 0.15) is 18.8 Å². The summed E-state index contributed by atoms with van der Waals surface area (Å²) in [5.41, 5.74) is 0. The summed E-state index contributed by atoms with van der Waals surface area (Å²) in [7, 11) is 0. The molecule has 0 amide bonds. The molecule has 0 radical (unpaired) electrons. The maximum absolute atomic E-state index is 13.2. The number of esters is 3. The first-order chi connectivity index (χ1) is 38.6. The van der Waals surface area contributed by atoms with E-state index in [0.29, 0.717) is 19.3 Å². The number of carbonyl (C=O) groups is 4. The van der Waals surface area contributed by atoms with Gasteiger partial charge in [0.05, 0.1) is 6.61 Å². The van der Waals surface area contributed by atoms with Crippen LogP contribution in [0.3, 0.4) is 0 Å². The second-order valence-electron chi connectivity index (χ2n) is 23.5. The summed E-state index contributed by atoms with van der Waals surface area (Å²) < 4.78 is 28.6. The molecule has 1 fully saturated rings. The van der Waals surface area contributed by atoms with Gasteiger partial charge in [-0.05, 0) is 44.9 Å². The minimum absolute atomic E-state index is 0.0693. The number of aliphatic carboxylic acids is 1. The molecule has 0 saturated carbocycles. The van der Waals surface area contributed by atoms with Gasteiger partial charge in [0.2, 0.25) is 0 Å². The number of aliphatic hydroxyl groups excluding tert-OH is 2. The Hall–Kier alpha value is -2.54. The van der Waals surface area contributed by atoms with Gasteiger partial charge in [-0.1, -0.05) is 290 Å². The van der Waals surface area contributed by atoms with Crippen LogP contribution in [0.4, 0.5) is 0 Å². The van der Waals surface area contributed by atoms with Crippen molar-refractivity contribution in [3.8, 4) is 0 Å². The highest BCUT2D eigenvalue weighted by Gasteiger charge is 2.50. The fourth-order valence-corrected chi connectivity index (χ4v) is 10.7. The zero-order valence-electron chi connectivity index (χ0n) is 51.4. The van der Waals surface area contributed by atoms with E-state index < -0.39 is 67.3 Å². The van der Waals surface area contributed by atoms with Crippen molar-refractivity contribution in [2.24, 2.45) is 0 Å². The average molecular weight is 1120 g/mol. The molecule has 0 aromatic rings. The number of hydrogen-bond acceptors (Lipinski definition) is 11. The van der Waals surface area contributed by atoms with E-state index >= 15 is 0 Å². The molecule has 6 atom stereocenters. The lowest BCUT2D eigenvalue weighted by molar-refractivity contribution is -0.301. The van der Waals surface area contributed by atoms with Gasteiger partial charge in [-0.3, -0.25) is 14.4 Å². The quantitative estimate of drug-likeness (QED) is 0.0228. The van der Waals surface area contributed by atoms with Gasteiger partial charge in [-0.2, -0.15) is 0 Å². The highest BCUT2D eigenvalue weighted by Crippen LogP contribution is 2.27. The number of hydrogen-bond donors (Lipinski definition) is 3. The third-order valence-electron chi connectivity index (χ3n) is 15.8. The summed E-state index contributed by atoms with van der Waals surface area (Å²) in [6.45, 7) is 6.06. The van der Waals surface area contributed by atoms with Crippen molar-refractivity contribution in [2.45, 2.75) is 379 Å². The summed E-state index contributed by atoms with van der Waals surface area (Å²) >= 11 is 0. The molecular formula is C67H124O12. The Kier molecular flexibility index (Phi) is 52.8. The number of carboxylic acid groups (broad SMARTS) is 1. The standard InChI is InChI=1S/C67H124O12/c1-4-7-10-13-16-19-22-25-28-29-30-31-34-35-38-41-44-47-50-53-59(68)75-56-58(77-60(69)54-51-48-45-42-39-36-32-26-23-20-17-14-11-8-5-2)57-76-67-65(63(72)62(71)64(79-67)66(73)74)78-61(70)55-52-49-46-43-40-37-33-27-24-21-18-15-12-9-6-3/h25,28,58,62-65,67,71-72H,4-24,26-27,29-57H2,1-3H3,(H,73,74)/b28-25-. The molecule has 0 aromatic carbocycles. The van der Waals surface area contributed by atoms with E-state index in [4.69, 9.17) is 23.7 Å². The zero-order chi connectivity index (χ0) is 57.5. The predicted molar refractivity (Wildman–Crippen MR) is 322 cm³/mol. The van der Waals surface area contributed by atoms with Gasteiger partial charge >= 0.3 is 23.9 Å². The smallest absolute Gasteiger partial charge is 0.335 e. The van der Waals surface area contributed by atoms with Crippen molar-refractivity contribution in [1.82, 2.24) is 0 Å². The minimum atomic E-state index is -1.90. The monoisotopic (exact) mass is 1120 g/mol. The van der Waals surface area contributed by atoms with E-state index in [-0.39, 0.29) is 25.9 Å². The summed E-state index contributed by atoms with van der Waals surface area (Å²) in [4.78, 5) is 51.3. The van der Waals surface area contributed by atoms with Crippen LogP contribution in [0.1, 0.15) is 342 Å². The molecule has 0 bridgehead atoms. The molecule has 0 aromatic heterocycles. The normalized spacial score (nSPS) is 17.8. The van der Waals surface area contributed by atoms with E-state index in [9.17, 15) is 34.5 Å². The van der Waals surface area contributed by atoms with Crippen LogP contribution in [0.15, 0.2) is 12.2 Å². The maximum Gasteiger partial charge on any atom is 0.335 e. The topological polar surface area (TPSA) is 175 Å². The third kappa shape index (κ3) is 45.6. The SMILES string of the molecule is CCCCCCCC/C=C\CCCCCCCCCCCC(=O)OCC(COC1OC(C(=O)O)C(O)C(O)C1OC(=O)CCCCCCCCCCCCCCCCC)OC(=O)CCCCCCCCCCCCCCCCC. The molecule has 12 heteroatoms. The number of carbonyl (C=O) groups excluding carboxylic acids is 3. The van der Waals surface area contributed by atoms with Crippen molar-refractivity contribution in [3.05, 3.63) is 12.2 Å². The van der Waals surface area contributed by atoms with Crippen LogP contribution < -0.4 is 0 Å². The molecule has 1 heterocycles. The van der Waals surface area contributed by atoms with E-state index in [1.165, 1.54) is 225 Å². The van der Waals surface area contributed by atoms with Crippen molar-refractivity contribution >= 4 is 23.9 Å². The minimum Gasteiger partial charge on any atom is -0.479 e. The molecule has 1 rings (SSSR count). The molecular weight excluding hydrogens is 997 g/mol. The number of carboxylic acids is 1. The first-order valence-corrected chi connectivity index (χ1v) is 33.7. The lowest BCUT2D eigenvalue weighted by Crippen LogP contribution is -2.61. The molecule has 3 N–H and O–H groups in total. The molecule has 6 unspecified atom stereocenters. The van der Waals surface area contributed by atoms with Crippen LogP contribution in [0.25, 0.3) is 0 Å². The number of allylic oxidation sites excluding steroid dienone is 2. The van der Waals surface area contributed by atoms with E-state index in [2.05, 4.69) is 32.9 Å². The van der Waals surface area contributed by atoms with Crippen LogP contribution in [0.5, 0.6) is 0 Å². The highest BCUT2D eigenvalue weighted by molar-refractivity contribution is 5.74. The van der Waals surface area contributed by atoms with Crippen molar-refractivity contribution in [3.63, 3.8) is 0 Å². The lowest BCUT2D eigenvalue weighted by Gasteiger charge is -2.40. The summed E-state index contributed by atoms with van der Waals surface area (Å²) in [5, 5.41) is 31.6. The molecule has 1 aliphatic heterocycles. The highest BCUT2D eigenvalue weighted by atomic mass is 16.7. The molecule has 0 spiro atoms. The van der Waals surface area contributed by atoms with E-state index in [0.717, 1.165) is 57.8 Å². The maximum atomic E-state index is 13.2. The molecule has 0 aliphatic carbocycles. The number of unbranched alkanes of at least 4 members (excludes halogenated alkanes) is 43. The second kappa shape index (κ2) is 56.0. The summed E-state index contributed by atoms with van der Waals surface area (Å²) in [6, 6.07) is 0. The Labute approximate surface area is 484 Å². The van der Waals surface area contributed by atoms with Crippen molar-refractivity contribution in [2.75, 3.05) is 13.2 Å². The van der Waals surface area contributed by atoms with Gasteiger partial charge in [0.25, 0.3) is 0 Å². The zero-order valence-corrected chi connectivity index (χ0v) is 51.4. The number of ether oxygens (including phenoxy) is 5. The van der Waals surface area contributed by atoms with Crippen molar-refractivity contribution < 1.29 is 58.2 Å². The second-order valence-corrected chi connectivity index (χ2v) is 23.5. The lowest BCUT2D eigenvalue weighted by atomic mass is 9.98. The molecule has 1 aliphatic rings. The number of aliphatic hydroxyl groups is 2. The fraction of sp³-hybridized carbons (Fsp3) is 0.910. The van der Waals surface area contributed by atoms with Gasteiger partial charge in [0.15, 0.2) is 24.6 Å². The molecule has 79 heavy (non-hydrogen) atoms. The Morgan fingerprint density at radius 2 is 0.722 bits per heavy atom. The fourth-order valence-electron chi connectivity index (χ4n) is 10.7. The van der Waals surface area contributed by atoms with Crippen molar-refractivity contribution in [1.29, 1.82) is 0 Å². The Morgan fingerprint density at radius 3 is 1.08 bits per heavy atom. The predicted octanol–water partition coefficient (Wildman–Crippen LogP) is 18.0. The Bertz CT molecular complexity index is 1420. The molecule has 464 valence electrons. The van der Waals surface area contributed by atoms with Crippen LogP contribution in [-0.4, -0.2) is 89.2 Å². The first-order valence-electron chi connectivity index (χ1n) is 33.7.